The van der Waals surface area contributed by atoms with Gasteiger partial charge in [0, 0.05) is 22.3 Å². The summed E-state index contributed by atoms with van der Waals surface area (Å²) in [6.45, 7) is 8.61. The zero-order valence-corrected chi connectivity index (χ0v) is 13.6. The molecule has 0 bridgehead atoms. The molecule has 0 radical (unpaired) electrons. The smallest absolute Gasteiger partial charge is 0.287 e. The fourth-order valence-electron chi connectivity index (χ4n) is 2.18. The summed E-state index contributed by atoms with van der Waals surface area (Å²) in [6.07, 6.45) is 1.61. The lowest BCUT2D eigenvalue weighted by atomic mass is 10.1. The summed E-state index contributed by atoms with van der Waals surface area (Å²) in [7, 11) is 0. The van der Waals surface area contributed by atoms with Crippen LogP contribution in [0.4, 0.5) is 5.69 Å². The molecule has 0 aliphatic rings. The molecule has 1 N–H and O–H groups in total. The Morgan fingerprint density at radius 2 is 2.20 bits per heavy atom. The van der Waals surface area contributed by atoms with Crippen molar-refractivity contribution in [1.82, 2.24) is 9.78 Å². The molecule has 1 atom stereocenters. The van der Waals surface area contributed by atoms with E-state index in [2.05, 4.69) is 37.3 Å². The van der Waals surface area contributed by atoms with Gasteiger partial charge in [0.25, 0.3) is 5.56 Å². The van der Waals surface area contributed by atoms with Crippen LogP contribution in [0, 0.1) is 13.8 Å². The summed E-state index contributed by atoms with van der Waals surface area (Å²) in [5.41, 5.74) is 1.55. The van der Waals surface area contributed by atoms with Gasteiger partial charge < -0.3 is 5.32 Å². The Bertz CT molecular complexity index is 678. The van der Waals surface area contributed by atoms with Gasteiger partial charge in [0.2, 0.25) is 0 Å². The number of hydrogen-bond acceptors (Lipinski definition) is 4. The molecule has 0 amide bonds. The van der Waals surface area contributed by atoms with Gasteiger partial charge >= 0.3 is 0 Å². The zero-order chi connectivity index (χ0) is 14.9. The van der Waals surface area contributed by atoms with Crippen LogP contribution in [0.3, 0.4) is 0 Å². The van der Waals surface area contributed by atoms with E-state index >= 15 is 0 Å². The molecule has 6 heteroatoms. The quantitative estimate of drug-likeness (QED) is 0.935. The van der Waals surface area contributed by atoms with Crippen LogP contribution in [0.15, 0.2) is 17.1 Å². The number of nitrogens with one attached hydrogen (secondary N) is 1. The molecule has 2 aromatic heterocycles. The van der Waals surface area contributed by atoms with E-state index < -0.39 is 0 Å². The molecule has 108 valence electrons. The van der Waals surface area contributed by atoms with E-state index in [1.54, 1.807) is 17.5 Å². The molecule has 2 heterocycles. The molecule has 0 aromatic carbocycles. The zero-order valence-electron chi connectivity index (χ0n) is 12.0. The van der Waals surface area contributed by atoms with E-state index in [0.717, 1.165) is 0 Å². The van der Waals surface area contributed by atoms with Crippen LogP contribution in [-0.4, -0.2) is 9.78 Å². The van der Waals surface area contributed by atoms with Crippen LogP contribution >= 0.6 is 22.9 Å². The SMILES string of the molecule is CCn1ncc(NC(C)c2cc(C)sc2C)c(Cl)c1=O. The van der Waals surface area contributed by atoms with Crippen LogP contribution in [-0.2, 0) is 6.54 Å². The van der Waals surface area contributed by atoms with Crippen molar-refractivity contribution in [2.24, 2.45) is 0 Å². The van der Waals surface area contributed by atoms with E-state index in [9.17, 15) is 4.79 Å². The lowest BCUT2D eigenvalue weighted by Gasteiger charge is -2.16. The first kappa shape index (κ1) is 15.1. The number of rotatable bonds is 4. The number of thiophene rings is 1. The van der Waals surface area contributed by atoms with Crippen molar-refractivity contribution in [2.45, 2.75) is 40.3 Å². The van der Waals surface area contributed by atoms with Crippen LogP contribution < -0.4 is 10.9 Å². The molecule has 20 heavy (non-hydrogen) atoms. The van der Waals surface area contributed by atoms with Gasteiger partial charge in [-0.25, -0.2) is 4.68 Å². The van der Waals surface area contributed by atoms with Crippen molar-refractivity contribution in [3.8, 4) is 0 Å². The van der Waals surface area contributed by atoms with Gasteiger partial charge in [-0.15, -0.1) is 11.3 Å². The Morgan fingerprint density at radius 1 is 1.50 bits per heavy atom. The largest absolute Gasteiger partial charge is 0.376 e. The third kappa shape index (κ3) is 2.88. The van der Waals surface area contributed by atoms with Crippen LogP contribution in [0.1, 0.15) is 35.2 Å². The minimum absolute atomic E-state index is 0.0797. The Hall–Kier alpha value is -1.33. The summed E-state index contributed by atoms with van der Waals surface area (Å²) in [4.78, 5) is 14.5. The third-order valence-electron chi connectivity index (χ3n) is 3.20. The van der Waals surface area contributed by atoms with Crippen molar-refractivity contribution >= 4 is 28.6 Å². The minimum atomic E-state index is -0.260. The molecule has 4 nitrogen and oxygen atoms in total. The predicted octanol–water partition coefficient (Wildman–Crippen LogP) is 3.77. The molecule has 0 aliphatic heterocycles. The topological polar surface area (TPSA) is 46.9 Å². The maximum Gasteiger partial charge on any atom is 0.287 e. The molecular formula is C14H18ClN3OS. The molecule has 0 spiro atoms. The number of aryl methyl sites for hydroxylation is 3. The Kier molecular flexibility index (Phi) is 4.50. The second kappa shape index (κ2) is 5.97. The minimum Gasteiger partial charge on any atom is -0.376 e. The lowest BCUT2D eigenvalue weighted by Crippen LogP contribution is -2.23. The first-order chi connectivity index (χ1) is 9.43. The lowest BCUT2D eigenvalue weighted by molar-refractivity contribution is 0.615. The van der Waals surface area contributed by atoms with Crippen molar-refractivity contribution < 1.29 is 0 Å². The number of aromatic nitrogens is 2. The normalized spacial score (nSPS) is 12.4. The van der Waals surface area contributed by atoms with Gasteiger partial charge in [0.1, 0.15) is 5.02 Å². The maximum atomic E-state index is 11.9. The second-order valence-electron chi connectivity index (χ2n) is 4.73. The highest BCUT2D eigenvalue weighted by atomic mass is 35.5. The van der Waals surface area contributed by atoms with Gasteiger partial charge in [-0.3, -0.25) is 4.79 Å². The standard InChI is InChI=1S/C14H18ClN3OS/c1-5-18-14(19)13(15)12(7-16-18)17-9(3)11-6-8(2)20-10(11)4/h6-7,9,17H,5H2,1-4H3. The summed E-state index contributed by atoms with van der Waals surface area (Å²) in [5.74, 6) is 0. The van der Waals surface area contributed by atoms with Crippen LogP contribution in [0.5, 0.6) is 0 Å². The number of anilines is 1. The van der Waals surface area contributed by atoms with Gasteiger partial charge in [0.05, 0.1) is 11.9 Å². The Balaban J connectivity index is 2.29. The summed E-state index contributed by atoms with van der Waals surface area (Å²) in [6, 6.07) is 2.24. The molecule has 0 aliphatic carbocycles. The molecule has 0 fully saturated rings. The fraction of sp³-hybridized carbons (Fsp3) is 0.429. The third-order valence-corrected chi connectivity index (χ3v) is 4.55. The van der Waals surface area contributed by atoms with Crippen molar-refractivity contribution in [2.75, 3.05) is 5.32 Å². The highest BCUT2D eigenvalue weighted by Crippen LogP contribution is 2.29. The van der Waals surface area contributed by atoms with Gasteiger partial charge in [0.15, 0.2) is 0 Å². The summed E-state index contributed by atoms with van der Waals surface area (Å²) in [5, 5.41) is 7.56. The van der Waals surface area contributed by atoms with E-state index in [0.29, 0.717) is 12.2 Å². The Morgan fingerprint density at radius 3 is 2.75 bits per heavy atom. The molecular weight excluding hydrogens is 294 g/mol. The molecule has 2 aromatic rings. The van der Waals surface area contributed by atoms with Crippen molar-refractivity contribution in [1.29, 1.82) is 0 Å². The molecule has 1 unspecified atom stereocenters. The van der Waals surface area contributed by atoms with E-state index in [1.165, 1.54) is 20.0 Å². The number of nitrogens with zero attached hydrogens (tertiary/aromatic N) is 2. The number of halogens is 1. The molecule has 2 rings (SSSR count). The second-order valence-corrected chi connectivity index (χ2v) is 6.57. The first-order valence-electron chi connectivity index (χ1n) is 6.53. The highest BCUT2D eigenvalue weighted by Gasteiger charge is 2.14. The summed E-state index contributed by atoms with van der Waals surface area (Å²) >= 11 is 7.89. The first-order valence-corrected chi connectivity index (χ1v) is 7.72. The highest BCUT2D eigenvalue weighted by molar-refractivity contribution is 7.12. The predicted molar refractivity (Wildman–Crippen MR) is 85.0 cm³/mol. The number of hydrogen-bond donors (Lipinski definition) is 1. The molecule has 0 saturated carbocycles. The van der Waals surface area contributed by atoms with Crippen LogP contribution in [0.25, 0.3) is 0 Å². The monoisotopic (exact) mass is 311 g/mol. The maximum absolute atomic E-state index is 11.9. The van der Waals surface area contributed by atoms with Crippen molar-refractivity contribution in [3.63, 3.8) is 0 Å². The van der Waals surface area contributed by atoms with E-state index in [4.69, 9.17) is 11.6 Å². The summed E-state index contributed by atoms with van der Waals surface area (Å²) < 4.78 is 1.35. The average molecular weight is 312 g/mol. The van der Waals surface area contributed by atoms with Crippen LogP contribution in [0.2, 0.25) is 5.02 Å². The van der Waals surface area contributed by atoms with Crippen molar-refractivity contribution in [3.05, 3.63) is 43.0 Å². The Labute approximate surface area is 127 Å². The average Bonchev–Trinajstić information content (AvgIpc) is 2.74. The van der Waals surface area contributed by atoms with Gasteiger partial charge in [-0.2, -0.15) is 5.10 Å². The van der Waals surface area contributed by atoms with Gasteiger partial charge in [-0.05, 0) is 39.3 Å². The van der Waals surface area contributed by atoms with E-state index in [-0.39, 0.29) is 16.6 Å². The van der Waals surface area contributed by atoms with E-state index in [1.807, 2.05) is 6.92 Å². The van der Waals surface area contributed by atoms with Gasteiger partial charge in [-0.1, -0.05) is 11.6 Å². The molecule has 0 saturated heterocycles. The fourth-order valence-corrected chi connectivity index (χ4v) is 3.41.